The zero-order valence-electron chi connectivity index (χ0n) is 7.27. The zero-order valence-corrected chi connectivity index (χ0v) is 9.68. The lowest BCUT2D eigenvalue weighted by Crippen LogP contribution is -1.97. The van der Waals surface area contributed by atoms with Crippen molar-refractivity contribution in [2.45, 2.75) is 6.54 Å². The summed E-state index contributed by atoms with van der Waals surface area (Å²) in [5.74, 6) is 0. The van der Waals surface area contributed by atoms with E-state index in [1.54, 1.807) is 6.20 Å². The van der Waals surface area contributed by atoms with E-state index >= 15 is 0 Å². The first-order valence-corrected chi connectivity index (χ1v) is 5.67. The van der Waals surface area contributed by atoms with Gasteiger partial charge in [-0.3, -0.25) is 0 Å². The molecule has 0 saturated carbocycles. The number of halogens is 1. The minimum Gasteiger partial charge on any atom is -0.370 e. The number of aromatic nitrogens is 2. The number of nitrogens with one attached hydrogen (secondary N) is 1. The number of anilines is 1. The third-order valence-electron chi connectivity index (χ3n) is 1.77. The molecule has 0 amide bonds. The van der Waals surface area contributed by atoms with Crippen molar-refractivity contribution < 1.29 is 0 Å². The van der Waals surface area contributed by atoms with E-state index in [1.807, 2.05) is 18.2 Å². The molecule has 0 unspecified atom stereocenters. The average molecular weight is 270 g/mol. The Morgan fingerprint density at radius 2 is 2.21 bits per heavy atom. The maximum Gasteiger partial charge on any atom is 0.130 e. The second-order valence-electron chi connectivity index (χ2n) is 2.73. The van der Waals surface area contributed by atoms with Crippen molar-refractivity contribution in [1.29, 1.82) is 0 Å². The van der Waals surface area contributed by atoms with Gasteiger partial charge in [0.25, 0.3) is 0 Å². The van der Waals surface area contributed by atoms with Crippen LogP contribution in [-0.2, 0) is 6.54 Å². The van der Waals surface area contributed by atoms with E-state index in [0.717, 1.165) is 16.0 Å². The van der Waals surface area contributed by atoms with Crippen LogP contribution in [0, 0.1) is 0 Å². The molecule has 5 heteroatoms. The summed E-state index contributed by atoms with van der Waals surface area (Å²) in [5.41, 5.74) is 1.22. The van der Waals surface area contributed by atoms with Crippen LogP contribution in [-0.4, -0.2) is 9.59 Å². The second-order valence-corrected chi connectivity index (χ2v) is 4.37. The van der Waals surface area contributed by atoms with E-state index < -0.39 is 0 Å². The molecule has 0 bridgehead atoms. The van der Waals surface area contributed by atoms with E-state index in [1.165, 1.54) is 17.1 Å². The van der Waals surface area contributed by atoms with Gasteiger partial charge < -0.3 is 5.32 Å². The fourth-order valence-electron chi connectivity index (χ4n) is 1.07. The van der Waals surface area contributed by atoms with Gasteiger partial charge in [0.1, 0.15) is 5.00 Å². The highest BCUT2D eigenvalue weighted by Gasteiger charge is 1.99. The third kappa shape index (κ3) is 2.30. The minimum absolute atomic E-state index is 0.783. The van der Waals surface area contributed by atoms with Gasteiger partial charge in [-0.1, -0.05) is 38.6 Å². The van der Waals surface area contributed by atoms with E-state index in [2.05, 4.69) is 36.9 Å². The fraction of sp³-hybridized carbons (Fsp3) is 0.111. The van der Waals surface area contributed by atoms with E-state index in [9.17, 15) is 0 Å². The van der Waals surface area contributed by atoms with Crippen molar-refractivity contribution >= 4 is 32.5 Å². The molecule has 1 aromatic carbocycles. The molecule has 1 N–H and O–H groups in total. The van der Waals surface area contributed by atoms with Gasteiger partial charge in [-0.15, -0.1) is 5.10 Å². The molecular weight excluding hydrogens is 262 g/mol. The van der Waals surface area contributed by atoms with Crippen molar-refractivity contribution in [2.24, 2.45) is 0 Å². The zero-order chi connectivity index (χ0) is 9.80. The van der Waals surface area contributed by atoms with E-state index in [4.69, 9.17) is 0 Å². The van der Waals surface area contributed by atoms with Crippen LogP contribution in [0.2, 0.25) is 0 Å². The Morgan fingerprint density at radius 3 is 2.93 bits per heavy atom. The smallest absolute Gasteiger partial charge is 0.130 e. The van der Waals surface area contributed by atoms with Gasteiger partial charge in [-0.2, -0.15) is 0 Å². The molecule has 0 aliphatic heterocycles. The number of nitrogens with zero attached hydrogens (tertiary/aromatic N) is 2. The van der Waals surface area contributed by atoms with Crippen LogP contribution in [0.5, 0.6) is 0 Å². The van der Waals surface area contributed by atoms with Crippen molar-refractivity contribution in [2.75, 3.05) is 5.32 Å². The molecule has 0 aliphatic carbocycles. The highest BCUT2D eigenvalue weighted by molar-refractivity contribution is 9.10. The van der Waals surface area contributed by atoms with E-state index in [0.29, 0.717) is 0 Å². The SMILES string of the molecule is Brc1ccccc1CNc1cnns1. The maximum atomic E-state index is 3.77. The molecule has 2 rings (SSSR count). The Bertz CT molecular complexity index is 402. The molecule has 0 saturated heterocycles. The molecule has 72 valence electrons. The van der Waals surface area contributed by atoms with Gasteiger partial charge >= 0.3 is 0 Å². The highest BCUT2D eigenvalue weighted by atomic mass is 79.9. The molecule has 0 atom stereocenters. The first-order valence-electron chi connectivity index (χ1n) is 4.11. The van der Waals surface area contributed by atoms with Crippen molar-refractivity contribution in [3.63, 3.8) is 0 Å². The Labute approximate surface area is 94.5 Å². The topological polar surface area (TPSA) is 37.8 Å². The van der Waals surface area contributed by atoms with Crippen LogP contribution >= 0.6 is 27.5 Å². The second kappa shape index (κ2) is 4.52. The number of benzene rings is 1. The summed E-state index contributed by atoms with van der Waals surface area (Å²) in [6.07, 6.45) is 1.72. The Morgan fingerprint density at radius 1 is 1.36 bits per heavy atom. The average Bonchev–Trinajstić information content (AvgIpc) is 2.69. The van der Waals surface area contributed by atoms with E-state index in [-0.39, 0.29) is 0 Å². The lowest BCUT2D eigenvalue weighted by molar-refractivity contribution is 1.13. The normalized spacial score (nSPS) is 10.1. The summed E-state index contributed by atoms with van der Waals surface area (Å²) in [4.78, 5) is 0. The largest absolute Gasteiger partial charge is 0.370 e. The first-order chi connectivity index (χ1) is 6.86. The summed E-state index contributed by atoms with van der Waals surface area (Å²) in [7, 11) is 0. The molecule has 1 heterocycles. The number of rotatable bonds is 3. The standard InChI is InChI=1S/C9H8BrN3S/c10-8-4-2-1-3-7(8)5-11-9-6-12-13-14-9/h1-4,6,11H,5H2. The summed E-state index contributed by atoms with van der Waals surface area (Å²) in [6.45, 7) is 0.783. The lowest BCUT2D eigenvalue weighted by Gasteiger charge is -2.04. The third-order valence-corrected chi connectivity index (χ3v) is 3.17. The minimum atomic E-state index is 0.783. The summed E-state index contributed by atoms with van der Waals surface area (Å²) in [5, 5.41) is 7.98. The summed E-state index contributed by atoms with van der Waals surface area (Å²) < 4.78 is 4.89. The molecular formula is C9H8BrN3S. The molecule has 14 heavy (non-hydrogen) atoms. The first kappa shape index (κ1) is 9.61. The van der Waals surface area contributed by atoms with Crippen LogP contribution in [0.15, 0.2) is 34.9 Å². The summed E-state index contributed by atoms with van der Waals surface area (Å²) >= 11 is 4.85. The van der Waals surface area contributed by atoms with Gasteiger partial charge in [0.2, 0.25) is 0 Å². The van der Waals surface area contributed by atoms with Gasteiger partial charge in [-0.25, -0.2) is 0 Å². The molecule has 3 nitrogen and oxygen atoms in total. The van der Waals surface area contributed by atoms with Gasteiger partial charge in [0.05, 0.1) is 6.20 Å². The summed E-state index contributed by atoms with van der Waals surface area (Å²) in [6, 6.07) is 8.13. The van der Waals surface area contributed by atoms with Crippen LogP contribution < -0.4 is 5.32 Å². The van der Waals surface area contributed by atoms with Gasteiger partial charge in [0.15, 0.2) is 0 Å². The van der Waals surface area contributed by atoms with Gasteiger partial charge in [0, 0.05) is 22.5 Å². The molecule has 0 fully saturated rings. The van der Waals surface area contributed by atoms with Crippen LogP contribution in [0.4, 0.5) is 5.00 Å². The monoisotopic (exact) mass is 269 g/mol. The molecule has 0 spiro atoms. The molecule has 0 aliphatic rings. The van der Waals surface area contributed by atoms with Crippen molar-refractivity contribution in [1.82, 2.24) is 9.59 Å². The predicted octanol–water partition coefficient (Wildman–Crippen LogP) is 2.91. The molecule has 1 aromatic heterocycles. The van der Waals surface area contributed by atoms with Crippen LogP contribution in [0.3, 0.4) is 0 Å². The Kier molecular flexibility index (Phi) is 3.10. The molecule has 0 radical (unpaired) electrons. The highest BCUT2D eigenvalue weighted by Crippen LogP contribution is 2.18. The fourth-order valence-corrected chi connectivity index (χ4v) is 1.91. The lowest BCUT2D eigenvalue weighted by atomic mass is 10.2. The number of hydrogen-bond acceptors (Lipinski definition) is 4. The van der Waals surface area contributed by atoms with Crippen LogP contribution in [0.1, 0.15) is 5.56 Å². The quantitative estimate of drug-likeness (QED) is 0.931. The van der Waals surface area contributed by atoms with Crippen LogP contribution in [0.25, 0.3) is 0 Å². The Balaban J connectivity index is 2.02. The maximum absolute atomic E-state index is 3.77. The predicted molar refractivity (Wildman–Crippen MR) is 61.4 cm³/mol. The van der Waals surface area contributed by atoms with Gasteiger partial charge in [-0.05, 0) is 11.6 Å². The Hall–Kier alpha value is -0.940. The molecule has 2 aromatic rings. The van der Waals surface area contributed by atoms with Crippen molar-refractivity contribution in [3.05, 3.63) is 40.5 Å². The van der Waals surface area contributed by atoms with Crippen molar-refractivity contribution in [3.8, 4) is 0 Å². The number of hydrogen-bond donors (Lipinski definition) is 1.